The Morgan fingerprint density at radius 2 is 1.69 bits per heavy atom. The highest BCUT2D eigenvalue weighted by molar-refractivity contribution is 5.86. The molecule has 1 aromatic carbocycles. The van der Waals surface area contributed by atoms with Gasteiger partial charge in [-0.3, -0.25) is 4.90 Å². The zero-order chi connectivity index (χ0) is 25.5. The average Bonchev–Trinajstić information content (AvgIpc) is 3.60. The number of hydrogen-bond acceptors (Lipinski definition) is 5. The molecule has 8 nitrogen and oxygen atoms in total. The number of carbonyl (C=O) groups is 2. The second-order valence-corrected chi connectivity index (χ2v) is 10.2. The maximum absolute atomic E-state index is 13.8. The molecule has 36 heavy (non-hydrogen) atoms. The van der Waals surface area contributed by atoms with Crippen LogP contribution in [-0.2, 0) is 12.7 Å². The molecule has 3 aliphatic heterocycles. The lowest BCUT2D eigenvalue weighted by Crippen LogP contribution is -2.45. The van der Waals surface area contributed by atoms with Crippen molar-refractivity contribution in [2.75, 3.05) is 44.2 Å². The maximum atomic E-state index is 13.8. The van der Waals surface area contributed by atoms with Crippen LogP contribution in [0.15, 0.2) is 30.5 Å². The number of aromatic nitrogens is 2. The zero-order valence-corrected chi connectivity index (χ0v) is 20.0. The van der Waals surface area contributed by atoms with Gasteiger partial charge in [-0.15, -0.1) is 0 Å². The summed E-state index contributed by atoms with van der Waals surface area (Å²) in [6.45, 7) is 4.45. The third-order valence-corrected chi connectivity index (χ3v) is 7.88. The van der Waals surface area contributed by atoms with Crippen LogP contribution in [0.5, 0.6) is 0 Å². The molecule has 1 aromatic heterocycles. The number of alkyl halides is 3. The fourth-order valence-corrected chi connectivity index (χ4v) is 5.83. The molecular weight excluding hydrogens is 475 g/mol. The van der Waals surface area contributed by atoms with E-state index < -0.39 is 17.7 Å². The van der Waals surface area contributed by atoms with Gasteiger partial charge in [-0.05, 0) is 73.9 Å². The van der Waals surface area contributed by atoms with E-state index >= 15 is 0 Å². The van der Waals surface area contributed by atoms with Gasteiger partial charge in [0.15, 0.2) is 5.69 Å². The second-order valence-electron chi connectivity index (χ2n) is 10.2. The number of aromatic carboxylic acids is 1. The molecule has 0 radical (unpaired) electrons. The minimum absolute atomic E-state index is 0.0297. The fourth-order valence-electron chi connectivity index (χ4n) is 5.83. The monoisotopic (exact) mass is 505 g/mol. The number of rotatable bonds is 4. The van der Waals surface area contributed by atoms with Gasteiger partial charge in [0, 0.05) is 51.2 Å². The Morgan fingerprint density at radius 3 is 2.33 bits per heavy atom. The van der Waals surface area contributed by atoms with E-state index in [4.69, 9.17) is 5.11 Å². The van der Waals surface area contributed by atoms with Crippen LogP contribution in [0.1, 0.15) is 53.7 Å². The summed E-state index contributed by atoms with van der Waals surface area (Å²) in [5.41, 5.74) is 0.408. The summed E-state index contributed by atoms with van der Waals surface area (Å²) in [6, 6.07) is 5.46. The van der Waals surface area contributed by atoms with Crippen LogP contribution in [0.4, 0.5) is 23.7 Å². The Balaban J connectivity index is 1.23. The summed E-state index contributed by atoms with van der Waals surface area (Å²) in [4.78, 5) is 29.7. The van der Waals surface area contributed by atoms with E-state index in [1.54, 1.807) is 17.0 Å². The predicted octanol–water partition coefficient (Wildman–Crippen LogP) is 4.16. The van der Waals surface area contributed by atoms with Gasteiger partial charge in [-0.25, -0.2) is 9.59 Å². The van der Waals surface area contributed by atoms with Crippen LogP contribution in [0.25, 0.3) is 0 Å². The van der Waals surface area contributed by atoms with Gasteiger partial charge in [0.05, 0.1) is 5.56 Å². The van der Waals surface area contributed by atoms with Gasteiger partial charge >= 0.3 is 18.2 Å². The molecule has 11 heteroatoms. The topological polar surface area (TPSA) is 81.9 Å². The van der Waals surface area contributed by atoms with Crippen molar-refractivity contribution in [1.82, 2.24) is 19.6 Å². The van der Waals surface area contributed by atoms with Crippen LogP contribution in [0, 0.1) is 5.41 Å². The SMILES string of the molecule is O=C(O)c1ccn(C(=O)N2CCC3(CCN(Cc4cc(N5CCCC5)ccc4C(F)(F)F)C3)CC2)n1. The summed E-state index contributed by atoms with van der Waals surface area (Å²) in [5.74, 6) is -1.19. The van der Waals surface area contributed by atoms with Crippen molar-refractivity contribution in [3.8, 4) is 0 Å². The molecule has 194 valence electrons. The fraction of sp³-hybridized carbons (Fsp3) is 0.560. The minimum Gasteiger partial charge on any atom is -0.476 e. The number of likely N-dealkylation sites (tertiary alicyclic amines) is 2. The van der Waals surface area contributed by atoms with E-state index in [1.165, 1.54) is 18.3 Å². The van der Waals surface area contributed by atoms with Gasteiger partial charge in [-0.1, -0.05) is 0 Å². The number of anilines is 1. The standard InChI is InChI=1S/C25H30F3N5O3/c26-25(27,28)20-4-3-19(31-9-1-2-10-31)15-18(20)16-30-12-6-24(17-30)7-13-32(14-8-24)23(36)33-11-5-21(29-33)22(34)35/h3-5,11,15H,1-2,6-10,12-14,16-17H2,(H,34,35). The lowest BCUT2D eigenvalue weighted by molar-refractivity contribution is -0.138. The van der Waals surface area contributed by atoms with E-state index in [2.05, 4.69) is 14.9 Å². The molecule has 3 aliphatic rings. The molecule has 3 fully saturated rings. The molecule has 0 unspecified atom stereocenters. The van der Waals surface area contributed by atoms with Gasteiger partial charge < -0.3 is 14.9 Å². The van der Waals surface area contributed by atoms with Crippen LogP contribution in [0.2, 0.25) is 0 Å². The summed E-state index contributed by atoms with van der Waals surface area (Å²) >= 11 is 0. The van der Waals surface area contributed by atoms with Crippen molar-refractivity contribution in [3.05, 3.63) is 47.3 Å². The van der Waals surface area contributed by atoms with Crippen molar-refractivity contribution in [3.63, 3.8) is 0 Å². The van der Waals surface area contributed by atoms with E-state index in [0.29, 0.717) is 25.2 Å². The molecule has 0 bridgehead atoms. The van der Waals surface area contributed by atoms with Crippen LogP contribution in [0.3, 0.4) is 0 Å². The third kappa shape index (κ3) is 4.93. The van der Waals surface area contributed by atoms with Crippen molar-refractivity contribution in [2.24, 2.45) is 5.41 Å². The molecule has 1 amide bonds. The highest BCUT2D eigenvalue weighted by Gasteiger charge is 2.42. The largest absolute Gasteiger partial charge is 0.476 e. The van der Waals surface area contributed by atoms with Gasteiger partial charge in [-0.2, -0.15) is 23.0 Å². The van der Waals surface area contributed by atoms with Crippen molar-refractivity contribution >= 4 is 17.7 Å². The van der Waals surface area contributed by atoms with Crippen LogP contribution >= 0.6 is 0 Å². The molecule has 0 atom stereocenters. The Hall–Kier alpha value is -3.08. The smallest absolute Gasteiger partial charge is 0.416 e. The highest BCUT2D eigenvalue weighted by atomic mass is 19.4. The predicted molar refractivity (Wildman–Crippen MR) is 126 cm³/mol. The Morgan fingerprint density at radius 1 is 1.00 bits per heavy atom. The van der Waals surface area contributed by atoms with Gasteiger partial charge in [0.1, 0.15) is 0 Å². The van der Waals surface area contributed by atoms with E-state index in [9.17, 15) is 22.8 Å². The average molecular weight is 506 g/mol. The first kappa shape index (κ1) is 24.6. The molecule has 5 rings (SSSR count). The number of amides is 1. The molecule has 2 aromatic rings. The Bertz CT molecular complexity index is 1130. The van der Waals surface area contributed by atoms with Gasteiger partial charge in [0.25, 0.3) is 0 Å². The molecule has 0 aliphatic carbocycles. The zero-order valence-electron chi connectivity index (χ0n) is 20.0. The molecule has 0 saturated carbocycles. The number of hydrogen-bond donors (Lipinski definition) is 1. The van der Waals surface area contributed by atoms with E-state index in [1.807, 2.05) is 0 Å². The van der Waals surface area contributed by atoms with E-state index in [0.717, 1.165) is 62.1 Å². The molecule has 3 saturated heterocycles. The van der Waals surface area contributed by atoms with Crippen LogP contribution < -0.4 is 4.90 Å². The normalized spacial score (nSPS) is 20.4. The lowest BCUT2D eigenvalue weighted by atomic mass is 9.78. The highest BCUT2D eigenvalue weighted by Crippen LogP contribution is 2.42. The lowest BCUT2D eigenvalue weighted by Gasteiger charge is -2.39. The van der Waals surface area contributed by atoms with Crippen molar-refractivity contribution in [1.29, 1.82) is 0 Å². The molecular formula is C25H30F3N5O3. The maximum Gasteiger partial charge on any atom is 0.416 e. The summed E-state index contributed by atoms with van der Waals surface area (Å²) < 4.78 is 42.4. The first-order valence-corrected chi connectivity index (χ1v) is 12.4. The Kier molecular flexibility index (Phi) is 6.44. The van der Waals surface area contributed by atoms with Crippen molar-refractivity contribution in [2.45, 2.75) is 44.8 Å². The number of nitrogens with zero attached hydrogens (tertiary/aromatic N) is 5. The van der Waals surface area contributed by atoms with Gasteiger partial charge in [0.2, 0.25) is 0 Å². The first-order valence-electron chi connectivity index (χ1n) is 12.4. The number of carbonyl (C=O) groups excluding carboxylic acids is 1. The first-order chi connectivity index (χ1) is 17.1. The number of benzene rings is 1. The summed E-state index contributed by atoms with van der Waals surface area (Å²) in [6.07, 6.45) is 1.46. The van der Waals surface area contributed by atoms with Crippen LogP contribution in [-0.4, -0.2) is 76.0 Å². The van der Waals surface area contributed by atoms with Crippen molar-refractivity contribution < 1.29 is 27.9 Å². The number of piperidine rings is 1. The Labute approximate surface area is 207 Å². The van der Waals surface area contributed by atoms with E-state index in [-0.39, 0.29) is 23.7 Å². The number of carboxylic acids is 1. The minimum atomic E-state index is -4.39. The third-order valence-electron chi connectivity index (χ3n) is 7.88. The number of carboxylic acid groups (broad SMARTS) is 1. The quantitative estimate of drug-likeness (QED) is 0.672. The molecule has 4 heterocycles. The second kappa shape index (κ2) is 9.42. The molecule has 1 N–H and O–H groups in total. The number of halogens is 3. The molecule has 1 spiro atoms. The summed E-state index contributed by atoms with van der Waals surface area (Å²) in [5, 5.41) is 12.8. The summed E-state index contributed by atoms with van der Waals surface area (Å²) in [7, 11) is 0.